The standard InChI is InChI=1S/C6H6O.C5H5.C3H6.2ClH.Ti/c7-6-4-2-1-3-5-6;1-2-4-5-3-1;1-3-2;;;/h1-5,7H;1-3H,4H2;1-2H3;2*1H;/q;-1;;;;+1. The molecule has 1 aliphatic carbocycles. The fourth-order valence-electron chi connectivity index (χ4n) is 0.768. The average Bonchev–Trinajstić information content (AvgIpc) is 2.75. The largest absolute Gasteiger partial charge is 0.508 e. The average molecular weight is 322 g/mol. The van der Waals surface area contributed by atoms with Gasteiger partial charge in [-0.3, -0.25) is 6.08 Å². The van der Waals surface area contributed by atoms with Gasteiger partial charge in [-0.2, -0.15) is 6.08 Å². The zero-order chi connectivity index (χ0) is 12.2. The van der Waals surface area contributed by atoms with Crippen LogP contribution in [0.4, 0.5) is 0 Å². The van der Waals surface area contributed by atoms with E-state index in [0.717, 1.165) is 6.42 Å². The van der Waals surface area contributed by atoms with Gasteiger partial charge in [0.05, 0.1) is 0 Å². The Kier molecular flexibility index (Phi) is 21.1. The molecule has 18 heavy (non-hydrogen) atoms. The molecule has 0 amide bonds. The van der Waals surface area contributed by atoms with E-state index in [1.165, 1.54) is 3.81 Å². The van der Waals surface area contributed by atoms with E-state index in [-0.39, 0.29) is 24.8 Å². The molecule has 2 rings (SSSR count). The molecule has 1 N–H and O–H groups in total. The van der Waals surface area contributed by atoms with Gasteiger partial charge in [-0.15, -0.1) is 31.2 Å². The van der Waals surface area contributed by atoms with Gasteiger partial charge in [-0.05, 0) is 12.1 Å². The molecule has 0 saturated heterocycles. The Morgan fingerprint density at radius 2 is 1.67 bits per heavy atom. The normalized spacial score (nSPS) is 9.78. The van der Waals surface area contributed by atoms with Crippen LogP contribution in [0, 0.1) is 6.08 Å². The Balaban J connectivity index is -0.000000185. The van der Waals surface area contributed by atoms with Crippen LogP contribution in [0.15, 0.2) is 48.6 Å². The van der Waals surface area contributed by atoms with E-state index in [9.17, 15) is 0 Å². The van der Waals surface area contributed by atoms with Gasteiger partial charge < -0.3 is 5.11 Å². The predicted molar refractivity (Wildman–Crippen MR) is 80.5 cm³/mol. The smallest absolute Gasteiger partial charge is 0.115 e. The van der Waals surface area contributed by atoms with Crippen molar-refractivity contribution in [1.82, 2.24) is 0 Å². The van der Waals surface area contributed by atoms with Crippen molar-refractivity contribution in [2.75, 3.05) is 0 Å². The third-order valence-corrected chi connectivity index (χ3v) is 1.34. The summed E-state index contributed by atoms with van der Waals surface area (Å²) in [7, 11) is 0. The summed E-state index contributed by atoms with van der Waals surface area (Å²) in [5.41, 5.74) is 0. The molecule has 1 aliphatic rings. The van der Waals surface area contributed by atoms with Gasteiger partial charge in [0.25, 0.3) is 0 Å². The van der Waals surface area contributed by atoms with E-state index in [1.54, 1.807) is 24.3 Å². The SMILES string of the molecule is C[C](C)=[Ti+].Cl.Cl.Oc1ccccc1.[C-]1=CC=CC1. The third kappa shape index (κ3) is 21.0. The molecule has 0 spiro atoms. The van der Waals surface area contributed by atoms with Gasteiger partial charge >= 0.3 is 37.6 Å². The molecular weight excluding hydrogens is 303 g/mol. The third-order valence-electron chi connectivity index (χ3n) is 1.34. The van der Waals surface area contributed by atoms with Gasteiger partial charge in [0, 0.05) is 0 Å². The second-order valence-electron chi connectivity index (χ2n) is 3.34. The number of phenols is 1. The van der Waals surface area contributed by atoms with Gasteiger partial charge in [0.15, 0.2) is 0 Å². The molecule has 1 aromatic rings. The van der Waals surface area contributed by atoms with Crippen molar-refractivity contribution in [3.05, 3.63) is 54.6 Å². The Hall–Kier alpha value is -0.336. The summed E-state index contributed by atoms with van der Waals surface area (Å²) in [6.07, 6.45) is 10.0. The van der Waals surface area contributed by atoms with E-state index >= 15 is 0 Å². The van der Waals surface area contributed by atoms with E-state index in [2.05, 4.69) is 46.0 Å². The maximum absolute atomic E-state index is 8.63. The topological polar surface area (TPSA) is 20.2 Å². The maximum Gasteiger partial charge on any atom is 0.115 e. The molecular formula is C14H19Cl2OTi. The number of rotatable bonds is 0. The summed E-state index contributed by atoms with van der Waals surface area (Å²) >= 11 is 2.08. The first-order chi connectivity index (χ1) is 7.63. The predicted octanol–water partition coefficient (Wildman–Crippen LogP) is 4.29. The van der Waals surface area contributed by atoms with Crippen molar-refractivity contribution in [3.8, 4) is 5.75 Å². The Labute approximate surface area is 134 Å². The fraction of sp³-hybridized carbons (Fsp3) is 0.214. The number of phenolic OH excluding ortho intramolecular Hbond substituents is 1. The number of halogens is 2. The molecule has 1 aromatic carbocycles. The first kappa shape index (κ1) is 22.8. The number of hydrogen-bond donors (Lipinski definition) is 1. The quantitative estimate of drug-likeness (QED) is 0.558. The second-order valence-corrected chi connectivity index (χ2v) is 4.90. The Morgan fingerprint density at radius 1 is 1.17 bits per heavy atom. The van der Waals surface area contributed by atoms with Crippen LogP contribution >= 0.6 is 24.8 Å². The van der Waals surface area contributed by atoms with E-state index in [4.69, 9.17) is 5.11 Å². The van der Waals surface area contributed by atoms with Crippen molar-refractivity contribution < 1.29 is 25.1 Å². The maximum atomic E-state index is 8.63. The molecule has 99 valence electrons. The Bertz CT molecular complexity index is 334. The number of hydrogen-bond acceptors (Lipinski definition) is 1. The van der Waals surface area contributed by atoms with Gasteiger partial charge in [-0.25, -0.2) is 12.2 Å². The van der Waals surface area contributed by atoms with Crippen molar-refractivity contribution >= 4 is 28.6 Å². The molecule has 0 fully saturated rings. The van der Waals surface area contributed by atoms with E-state index < -0.39 is 0 Å². The molecule has 0 unspecified atom stereocenters. The van der Waals surface area contributed by atoms with Gasteiger partial charge in [-0.1, -0.05) is 18.2 Å². The van der Waals surface area contributed by atoms with Crippen molar-refractivity contribution in [3.63, 3.8) is 0 Å². The van der Waals surface area contributed by atoms with Crippen LogP contribution in [0.5, 0.6) is 5.75 Å². The minimum atomic E-state index is 0. The van der Waals surface area contributed by atoms with Crippen LogP contribution in [-0.2, 0) is 20.0 Å². The summed E-state index contributed by atoms with van der Waals surface area (Å²) in [5, 5.41) is 8.63. The summed E-state index contributed by atoms with van der Waals surface area (Å²) in [4.78, 5) is 0. The number of allylic oxidation sites excluding steroid dienone is 4. The fourth-order valence-corrected chi connectivity index (χ4v) is 0.768. The summed E-state index contributed by atoms with van der Waals surface area (Å²) in [5.74, 6) is 0.322. The molecule has 0 aliphatic heterocycles. The van der Waals surface area contributed by atoms with Crippen LogP contribution in [0.25, 0.3) is 0 Å². The number of aromatic hydroxyl groups is 1. The van der Waals surface area contributed by atoms with Crippen molar-refractivity contribution in [1.29, 1.82) is 0 Å². The molecule has 0 atom stereocenters. The molecule has 0 bridgehead atoms. The van der Waals surface area contributed by atoms with Crippen molar-refractivity contribution in [2.45, 2.75) is 20.3 Å². The molecule has 0 saturated carbocycles. The van der Waals surface area contributed by atoms with Crippen LogP contribution in [-0.4, -0.2) is 8.92 Å². The molecule has 1 nitrogen and oxygen atoms in total. The second kappa shape index (κ2) is 16.7. The number of para-hydroxylation sites is 1. The van der Waals surface area contributed by atoms with Crippen molar-refractivity contribution in [2.24, 2.45) is 0 Å². The monoisotopic (exact) mass is 321 g/mol. The van der Waals surface area contributed by atoms with Gasteiger partial charge in [0.1, 0.15) is 5.75 Å². The molecule has 0 aromatic heterocycles. The summed E-state index contributed by atoms with van der Waals surface area (Å²) < 4.78 is 1.42. The number of benzene rings is 1. The van der Waals surface area contributed by atoms with Crippen LogP contribution in [0.2, 0.25) is 0 Å². The summed E-state index contributed by atoms with van der Waals surface area (Å²) in [6.45, 7) is 4.17. The molecule has 4 heteroatoms. The molecule has 0 radical (unpaired) electrons. The van der Waals surface area contributed by atoms with Gasteiger partial charge in [0.2, 0.25) is 0 Å². The summed E-state index contributed by atoms with van der Waals surface area (Å²) in [6, 6.07) is 8.71. The minimum absolute atomic E-state index is 0. The first-order valence-electron chi connectivity index (χ1n) is 5.10. The zero-order valence-corrected chi connectivity index (χ0v) is 13.8. The van der Waals surface area contributed by atoms with Crippen LogP contribution in [0.3, 0.4) is 0 Å². The van der Waals surface area contributed by atoms with Crippen LogP contribution < -0.4 is 0 Å². The molecule has 0 heterocycles. The van der Waals surface area contributed by atoms with E-state index in [1.807, 2.05) is 18.2 Å². The zero-order valence-electron chi connectivity index (χ0n) is 10.6. The van der Waals surface area contributed by atoms with Crippen LogP contribution in [0.1, 0.15) is 20.3 Å². The minimum Gasteiger partial charge on any atom is -0.508 e. The van der Waals surface area contributed by atoms with E-state index in [0.29, 0.717) is 5.75 Å². The first-order valence-corrected chi connectivity index (χ1v) is 5.88. The Morgan fingerprint density at radius 3 is 1.83 bits per heavy atom.